The Morgan fingerprint density at radius 2 is 1.76 bits per heavy atom. The number of aliphatic hydroxyl groups is 1. The van der Waals surface area contributed by atoms with Gasteiger partial charge in [-0.1, -0.05) is 35.1 Å². The fourth-order valence-corrected chi connectivity index (χ4v) is 5.37. The Morgan fingerprint density at radius 1 is 1.06 bits per heavy atom. The van der Waals surface area contributed by atoms with Gasteiger partial charge in [-0.25, -0.2) is 9.37 Å². The molecule has 0 bridgehead atoms. The van der Waals surface area contributed by atoms with E-state index in [1.165, 1.54) is 40.5 Å². The summed E-state index contributed by atoms with van der Waals surface area (Å²) in [6.07, 6.45) is 0. The van der Waals surface area contributed by atoms with E-state index in [-0.39, 0.29) is 16.9 Å². The van der Waals surface area contributed by atoms with Crippen LogP contribution in [-0.2, 0) is 9.59 Å². The number of amides is 1. The van der Waals surface area contributed by atoms with Crippen LogP contribution in [0.3, 0.4) is 0 Å². The van der Waals surface area contributed by atoms with Crippen LogP contribution in [0.15, 0.2) is 72.3 Å². The quantitative estimate of drug-likeness (QED) is 0.131. The van der Waals surface area contributed by atoms with Crippen LogP contribution in [0.5, 0.6) is 0 Å². The van der Waals surface area contributed by atoms with E-state index in [2.05, 4.69) is 27.6 Å². The lowest BCUT2D eigenvalue weighted by Crippen LogP contribution is -2.29. The van der Waals surface area contributed by atoms with Gasteiger partial charge in [0.05, 0.1) is 21.8 Å². The maximum Gasteiger partial charge on any atom is 0.301 e. The summed E-state index contributed by atoms with van der Waals surface area (Å²) in [6, 6.07) is 16.7. The van der Waals surface area contributed by atoms with Crippen molar-refractivity contribution in [2.24, 2.45) is 0 Å². The van der Waals surface area contributed by atoms with Gasteiger partial charge >= 0.3 is 5.91 Å². The summed E-state index contributed by atoms with van der Waals surface area (Å²) >= 11 is 9.49. The number of benzene rings is 3. The van der Waals surface area contributed by atoms with Crippen molar-refractivity contribution in [1.82, 2.24) is 4.98 Å². The van der Waals surface area contributed by atoms with Gasteiger partial charge in [-0.3, -0.25) is 14.5 Å². The van der Waals surface area contributed by atoms with Crippen molar-refractivity contribution < 1.29 is 19.1 Å². The second kappa shape index (κ2) is 8.51. The largest absolute Gasteiger partial charge is 0.507 e. The number of halogens is 3. The minimum atomic E-state index is -0.900. The van der Waals surface area contributed by atoms with Crippen LogP contribution >= 0.6 is 45.5 Å². The summed E-state index contributed by atoms with van der Waals surface area (Å²) in [4.78, 5) is 32.2. The number of aliphatic hydroxyl groups excluding tert-OH is 1. The summed E-state index contributed by atoms with van der Waals surface area (Å²) in [6.45, 7) is 0. The van der Waals surface area contributed by atoms with E-state index in [1.54, 1.807) is 30.3 Å². The van der Waals surface area contributed by atoms with Crippen LogP contribution in [0.25, 0.3) is 16.0 Å². The maximum absolute atomic E-state index is 13.4. The number of Topliss-reactive ketones (excluding diaryl/α,β-unsaturated/α-hetero) is 1. The fraction of sp³-hybridized carbons (Fsp3) is 0.0417. The Hall–Kier alpha value is -2.82. The third-order valence-electron chi connectivity index (χ3n) is 5.29. The zero-order valence-electron chi connectivity index (χ0n) is 16.6. The van der Waals surface area contributed by atoms with Crippen LogP contribution in [0, 0.1) is 9.39 Å². The van der Waals surface area contributed by atoms with E-state index >= 15 is 0 Å². The molecule has 3 aromatic carbocycles. The molecule has 1 unspecified atom stereocenters. The molecule has 0 aliphatic carbocycles. The number of thiazole rings is 1. The number of nitrogens with zero attached hydrogens (tertiary/aromatic N) is 2. The average molecular weight is 591 g/mol. The first-order valence-corrected chi connectivity index (χ1v) is 12.0. The van der Waals surface area contributed by atoms with E-state index < -0.39 is 23.5 Å². The molecule has 2 heterocycles. The number of ketones is 1. The number of rotatable bonds is 3. The van der Waals surface area contributed by atoms with Crippen LogP contribution in [-0.4, -0.2) is 21.8 Å². The SMILES string of the molecule is O=C1C(=O)N(c2nc3ccc(Cl)cc3s2)C(c2ccc(I)cc2)C1=C(O)c1ccc(F)cc1. The van der Waals surface area contributed by atoms with Gasteiger partial charge in [0.2, 0.25) is 0 Å². The Balaban J connectivity index is 1.73. The third-order valence-corrected chi connectivity index (χ3v) is 7.26. The molecule has 1 aliphatic heterocycles. The highest BCUT2D eigenvalue weighted by atomic mass is 127. The second-order valence-electron chi connectivity index (χ2n) is 7.34. The number of hydrogen-bond acceptors (Lipinski definition) is 5. The molecule has 5 nitrogen and oxygen atoms in total. The monoisotopic (exact) mass is 590 g/mol. The number of anilines is 1. The van der Waals surface area contributed by atoms with Gasteiger partial charge in [0.1, 0.15) is 11.6 Å². The Labute approximate surface area is 210 Å². The predicted molar refractivity (Wildman–Crippen MR) is 135 cm³/mol. The van der Waals surface area contributed by atoms with Crippen LogP contribution in [0.1, 0.15) is 17.2 Å². The summed E-state index contributed by atoms with van der Waals surface area (Å²) in [5.41, 5.74) is 1.43. The van der Waals surface area contributed by atoms with E-state index in [1.807, 2.05) is 12.1 Å². The molecule has 1 N–H and O–H groups in total. The van der Waals surface area contributed by atoms with E-state index in [0.29, 0.717) is 21.2 Å². The van der Waals surface area contributed by atoms with Gasteiger partial charge in [0.25, 0.3) is 5.78 Å². The van der Waals surface area contributed by atoms with Gasteiger partial charge in [-0.05, 0) is 82.8 Å². The molecule has 1 fully saturated rings. The van der Waals surface area contributed by atoms with Gasteiger partial charge in [-0.15, -0.1) is 0 Å². The van der Waals surface area contributed by atoms with E-state index in [4.69, 9.17) is 11.6 Å². The Kier molecular flexibility index (Phi) is 5.67. The summed E-state index contributed by atoms with van der Waals surface area (Å²) in [5.74, 6) is -2.48. The average Bonchev–Trinajstić information content (AvgIpc) is 3.32. The lowest BCUT2D eigenvalue weighted by molar-refractivity contribution is -0.132. The van der Waals surface area contributed by atoms with Crippen LogP contribution in [0.4, 0.5) is 9.52 Å². The molecule has 1 amide bonds. The lowest BCUT2D eigenvalue weighted by atomic mass is 9.95. The molecule has 1 aliphatic rings. The smallest absolute Gasteiger partial charge is 0.301 e. The fourth-order valence-electron chi connectivity index (χ4n) is 3.74. The topological polar surface area (TPSA) is 70.5 Å². The molecule has 164 valence electrons. The van der Waals surface area contributed by atoms with E-state index in [0.717, 1.165) is 8.27 Å². The molecule has 4 aromatic rings. The zero-order chi connectivity index (χ0) is 23.3. The van der Waals surface area contributed by atoms with Gasteiger partial charge in [0.15, 0.2) is 5.13 Å². The van der Waals surface area contributed by atoms with Crippen molar-refractivity contribution in [2.75, 3.05) is 4.90 Å². The molecular formula is C24H13ClFIN2O3S. The van der Waals surface area contributed by atoms with Crippen molar-refractivity contribution in [3.05, 3.63) is 97.8 Å². The molecular weight excluding hydrogens is 578 g/mol. The van der Waals surface area contributed by atoms with Crippen molar-refractivity contribution >= 4 is 78.3 Å². The molecule has 1 aromatic heterocycles. The van der Waals surface area contributed by atoms with E-state index in [9.17, 15) is 19.1 Å². The Morgan fingerprint density at radius 3 is 2.45 bits per heavy atom. The molecule has 1 atom stereocenters. The summed E-state index contributed by atoms with van der Waals surface area (Å²) < 4.78 is 15.2. The first-order chi connectivity index (χ1) is 15.8. The molecule has 0 spiro atoms. The minimum Gasteiger partial charge on any atom is -0.507 e. The van der Waals surface area contributed by atoms with Crippen molar-refractivity contribution in [3.63, 3.8) is 0 Å². The standard InChI is InChI=1S/C24H13ClFIN2O3S/c25-14-5-10-17-18(11-14)33-24(28-17)29-20(12-3-8-16(27)9-4-12)19(22(31)23(29)32)21(30)13-1-6-15(26)7-2-13/h1-11,20,30H. The molecule has 5 rings (SSSR count). The first kappa shape index (κ1) is 22.0. The highest BCUT2D eigenvalue weighted by Crippen LogP contribution is 2.44. The number of fused-ring (bicyclic) bond motifs is 1. The highest BCUT2D eigenvalue weighted by molar-refractivity contribution is 14.1. The van der Waals surface area contributed by atoms with Crippen molar-refractivity contribution in [2.45, 2.75) is 6.04 Å². The molecule has 9 heteroatoms. The van der Waals surface area contributed by atoms with Gasteiger partial charge in [-0.2, -0.15) is 0 Å². The van der Waals surface area contributed by atoms with Crippen LogP contribution < -0.4 is 4.90 Å². The lowest BCUT2D eigenvalue weighted by Gasteiger charge is -2.23. The number of aromatic nitrogens is 1. The molecule has 1 saturated heterocycles. The predicted octanol–water partition coefficient (Wildman–Crippen LogP) is 6.32. The zero-order valence-corrected chi connectivity index (χ0v) is 20.4. The maximum atomic E-state index is 13.4. The number of carbonyl (C=O) groups is 2. The summed E-state index contributed by atoms with van der Waals surface area (Å²) in [7, 11) is 0. The number of carbonyl (C=O) groups excluding carboxylic acids is 2. The second-order valence-corrected chi connectivity index (χ2v) is 10.0. The Bertz CT molecular complexity index is 1450. The van der Waals surface area contributed by atoms with Gasteiger partial charge in [0, 0.05) is 14.2 Å². The molecule has 0 saturated carbocycles. The number of hydrogen-bond donors (Lipinski definition) is 1. The molecule has 0 radical (unpaired) electrons. The van der Waals surface area contributed by atoms with Crippen molar-refractivity contribution in [3.8, 4) is 0 Å². The highest BCUT2D eigenvalue weighted by Gasteiger charge is 2.48. The minimum absolute atomic E-state index is 0.0786. The summed E-state index contributed by atoms with van der Waals surface area (Å²) in [5, 5.41) is 11.9. The van der Waals surface area contributed by atoms with Crippen molar-refractivity contribution in [1.29, 1.82) is 0 Å². The first-order valence-electron chi connectivity index (χ1n) is 9.72. The van der Waals surface area contributed by atoms with Crippen LogP contribution in [0.2, 0.25) is 5.02 Å². The molecule has 33 heavy (non-hydrogen) atoms. The third kappa shape index (κ3) is 3.92. The normalized spacial score (nSPS) is 17.8. The van der Waals surface area contributed by atoms with Gasteiger partial charge < -0.3 is 5.11 Å².